The zero-order chi connectivity index (χ0) is 15.3. The maximum absolute atomic E-state index is 12.3. The fraction of sp³-hybridized carbons (Fsp3) is 0.286. The van der Waals surface area contributed by atoms with Crippen LogP contribution in [-0.2, 0) is 16.1 Å². The smallest absolute Gasteiger partial charge is 0.331 e. The Kier molecular flexibility index (Phi) is 5.98. The average molecular weight is 314 g/mol. The molecule has 1 rings (SSSR count). The Morgan fingerprint density at radius 3 is 2.50 bits per heavy atom. The summed E-state index contributed by atoms with van der Waals surface area (Å²) >= 11 is 7.25. The molecule has 0 radical (unpaired) electrons. The highest BCUT2D eigenvalue weighted by atomic mass is 35.5. The third kappa shape index (κ3) is 4.21. The third-order valence-electron chi connectivity index (χ3n) is 2.82. The van der Waals surface area contributed by atoms with Crippen LogP contribution in [0.1, 0.15) is 18.7 Å². The summed E-state index contributed by atoms with van der Waals surface area (Å²) < 4.78 is 0.653. The molecule has 0 fully saturated rings. The molecule has 0 saturated carbocycles. The van der Waals surface area contributed by atoms with Crippen molar-refractivity contribution in [3.05, 3.63) is 45.1 Å². The molecule has 0 spiro atoms. The van der Waals surface area contributed by atoms with Gasteiger partial charge in [-0.1, -0.05) is 17.7 Å². The van der Waals surface area contributed by atoms with Gasteiger partial charge in [0.15, 0.2) is 0 Å². The van der Waals surface area contributed by atoms with Crippen molar-refractivity contribution in [2.45, 2.75) is 20.4 Å². The van der Waals surface area contributed by atoms with Gasteiger partial charge in [0, 0.05) is 22.6 Å². The summed E-state index contributed by atoms with van der Waals surface area (Å²) in [5, 5.41) is 8.94. The molecule has 0 unspecified atom stereocenters. The molecular weight excluding hydrogens is 298 g/mol. The molecule has 1 heterocycles. The Morgan fingerprint density at radius 1 is 1.40 bits per heavy atom. The van der Waals surface area contributed by atoms with E-state index in [1.54, 1.807) is 12.1 Å². The van der Waals surface area contributed by atoms with Gasteiger partial charge in [0.1, 0.15) is 0 Å². The predicted octanol–water partition coefficient (Wildman–Crippen LogP) is 3.34. The van der Waals surface area contributed by atoms with E-state index in [4.69, 9.17) is 16.7 Å². The van der Waals surface area contributed by atoms with Crippen LogP contribution in [0.4, 0.5) is 0 Å². The number of thiophene rings is 1. The molecule has 0 atom stereocenters. The Balaban J connectivity index is 2.96. The first-order valence-corrected chi connectivity index (χ1v) is 7.11. The summed E-state index contributed by atoms with van der Waals surface area (Å²) in [7, 11) is 0. The predicted molar refractivity (Wildman–Crippen MR) is 81.0 cm³/mol. The summed E-state index contributed by atoms with van der Waals surface area (Å²) in [4.78, 5) is 25.7. The Labute approximate surface area is 127 Å². The molecule has 0 aliphatic heterocycles. The summed E-state index contributed by atoms with van der Waals surface area (Å²) in [6, 6.07) is 3.61. The minimum absolute atomic E-state index is 0.0493. The second-order valence-electron chi connectivity index (χ2n) is 4.24. The van der Waals surface area contributed by atoms with Gasteiger partial charge in [0.05, 0.1) is 10.9 Å². The van der Waals surface area contributed by atoms with E-state index in [1.165, 1.54) is 30.1 Å². The van der Waals surface area contributed by atoms with E-state index in [-0.39, 0.29) is 17.1 Å². The second kappa shape index (κ2) is 7.26. The molecule has 0 aromatic carbocycles. The largest absolute Gasteiger partial charge is 0.478 e. The Hall–Kier alpha value is -1.59. The lowest BCUT2D eigenvalue weighted by Crippen LogP contribution is -2.31. The number of carboxylic acids is 1. The van der Waals surface area contributed by atoms with Crippen molar-refractivity contribution >= 4 is 34.8 Å². The monoisotopic (exact) mass is 313 g/mol. The van der Waals surface area contributed by atoms with Crippen LogP contribution in [0.15, 0.2) is 35.9 Å². The van der Waals surface area contributed by atoms with Gasteiger partial charge in [0.2, 0.25) is 0 Å². The van der Waals surface area contributed by atoms with E-state index >= 15 is 0 Å². The molecule has 0 saturated heterocycles. The van der Waals surface area contributed by atoms with Crippen LogP contribution in [0.5, 0.6) is 0 Å². The number of halogens is 1. The summed E-state index contributed by atoms with van der Waals surface area (Å²) in [5.41, 5.74) is 0.273. The van der Waals surface area contributed by atoms with E-state index in [0.717, 1.165) is 4.88 Å². The van der Waals surface area contributed by atoms with Gasteiger partial charge >= 0.3 is 5.97 Å². The van der Waals surface area contributed by atoms with E-state index in [9.17, 15) is 9.59 Å². The van der Waals surface area contributed by atoms with Crippen molar-refractivity contribution in [1.82, 2.24) is 4.90 Å². The first-order chi connectivity index (χ1) is 9.36. The number of carbonyl (C=O) groups excluding carboxylic acids is 1. The lowest BCUT2D eigenvalue weighted by molar-refractivity contribution is -0.133. The van der Waals surface area contributed by atoms with Crippen LogP contribution >= 0.6 is 22.9 Å². The van der Waals surface area contributed by atoms with Crippen LogP contribution in [0, 0.1) is 0 Å². The number of hydrogen-bond donors (Lipinski definition) is 1. The lowest BCUT2D eigenvalue weighted by Gasteiger charge is -2.21. The molecule has 1 aromatic rings. The molecule has 1 amide bonds. The molecule has 0 aliphatic rings. The van der Waals surface area contributed by atoms with Gasteiger partial charge < -0.3 is 10.0 Å². The molecular formula is C14H16ClNO3S. The van der Waals surface area contributed by atoms with Gasteiger partial charge in [0.25, 0.3) is 5.91 Å². The van der Waals surface area contributed by atoms with Crippen LogP contribution in [0.3, 0.4) is 0 Å². The number of rotatable bonds is 6. The number of amides is 1. The van der Waals surface area contributed by atoms with Gasteiger partial charge in [-0.05, 0) is 26.0 Å². The fourth-order valence-electron chi connectivity index (χ4n) is 1.56. The van der Waals surface area contributed by atoms with Crippen molar-refractivity contribution < 1.29 is 14.7 Å². The highest BCUT2D eigenvalue weighted by Crippen LogP contribution is 2.23. The summed E-state index contributed by atoms with van der Waals surface area (Å²) in [6.45, 7) is 7.28. The number of aliphatic carboxylic acids is 1. The standard InChI is InChI=1S/C14H16ClNO3S/c1-4-7-16(8-11-5-6-12(15)20-11)13(17)9(2)10(3)14(18)19/h4-6H,1,7-8H2,2-3H3,(H,18,19). The zero-order valence-electron chi connectivity index (χ0n) is 11.4. The van der Waals surface area contributed by atoms with Crippen molar-refractivity contribution in [3.63, 3.8) is 0 Å². The van der Waals surface area contributed by atoms with Gasteiger partial charge in [-0.15, -0.1) is 17.9 Å². The molecule has 20 heavy (non-hydrogen) atoms. The Bertz CT molecular complexity index is 563. The fourth-order valence-corrected chi connectivity index (χ4v) is 2.66. The highest BCUT2D eigenvalue weighted by molar-refractivity contribution is 7.16. The molecule has 1 aromatic heterocycles. The summed E-state index contributed by atoms with van der Waals surface area (Å²) in [5.74, 6) is -1.40. The van der Waals surface area contributed by atoms with Crippen molar-refractivity contribution in [3.8, 4) is 0 Å². The van der Waals surface area contributed by atoms with E-state index in [2.05, 4.69) is 6.58 Å². The molecule has 6 heteroatoms. The molecule has 108 valence electrons. The lowest BCUT2D eigenvalue weighted by atomic mass is 10.1. The van der Waals surface area contributed by atoms with Crippen molar-refractivity contribution in [1.29, 1.82) is 0 Å². The quantitative estimate of drug-likeness (QED) is 0.647. The average Bonchev–Trinajstić information content (AvgIpc) is 2.81. The zero-order valence-corrected chi connectivity index (χ0v) is 12.9. The molecule has 1 N–H and O–H groups in total. The van der Waals surface area contributed by atoms with Crippen molar-refractivity contribution in [2.75, 3.05) is 6.54 Å². The highest BCUT2D eigenvalue weighted by Gasteiger charge is 2.19. The Morgan fingerprint density at radius 2 is 2.05 bits per heavy atom. The summed E-state index contributed by atoms with van der Waals surface area (Å²) in [6.07, 6.45) is 1.61. The van der Waals surface area contributed by atoms with Crippen molar-refractivity contribution in [2.24, 2.45) is 0 Å². The minimum atomic E-state index is -1.09. The third-order valence-corrected chi connectivity index (χ3v) is 4.03. The van der Waals surface area contributed by atoms with E-state index < -0.39 is 5.97 Å². The normalized spacial score (nSPS) is 11.8. The maximum Gasteiger partial charge on any atom is 0.331 e. The van der Waals surface area contributed by atoms with Gasteiger partial charge in [-0.3, -0.25) is 4.79 Å². The number of carboxylic acid groups (broad SMARTS) is 1. The van der Waals surface area contributed by atoms with Crippen LogP contribution in [0.2, 0.25) is 4.34 Å². The first-order valence-electron chi connectivity index (χ1n) is 5.92. The van der Waals surface area contributed by atoms with Crippen LogP contribution in [-0.4, -0.2) is 28.4 Å². The molecule has 0 bridgehead atoms. The van der Waals surface area contributed by atoms with Gasteiger partial charge in [-0.25, -0.2) is 4.79 Å². The van der Waals surface area contributed by atoms with E-state index in [0.29, 0.717) is 17.4 Å². The maximum atomic E-state index is 12.3. The van der Waals surface area contributed by atoms with Crippen LogP contribution < -0.4 is 0 Å². The van der Waals surface area contributed by atoms with Gasteiger partial charge in [-0.2, -0.15) is 0 Å². The number of nitrogens with zero attached hydrogens (tertiary/aromatic N) is 1. The SMILES string of the molecule is C=CCN(Cc1ccc(Cl)s1)C(=O)C(C)=C(C)C(=O)O. The first kappa shape index (κ1) is 16.5. The van der Waals surface area contributed by atoms with E-state index in [1.807, 2.05) is 6.07 Å². The number of hydrogen-bond acceptors (Lipinski definition) is 3. The molecule has 0 aliphatic carbocycles. The molecule has 4 nitrogen and oxygen atoms in total. The number of carbonyl (C=O) groups is 2. The van der Waals surface area contributed by atoms with Crippen LogP contribution in [0.25, 0.3) is 0 Å². The minimum Gasteiger partial charge on any atom is -0.478 e. The topological polar surface area (TPSA) is 57.6 Å². The second-order valence-corrected chi connectivity index (χ2v) is 6.03.